The summed E-state index contributed by atoms with van der Waals surface area (Å²) in [5.74, 6) is 1.19. The lowest BCUT2D eigenvalue weighted by Crippen LogP contribution is -2.12. The molecule has 0 aliphatic rings. The van der Waals surface area contributed by atoms with Crippen molar-refractivity contribution >= 4 is 34.5 Å². The molecule has 5 nitrogen and oxygen atoms in total. The van der Waals surface area contributed by atoms with Crippen LogP contribution in [-0.2, 0) is 5.88 Å². The van der Waals surface area contributed by atoms with E-state index in [0.717, 1.165) is 27.7 Å². The molecule has 4 rings (SSSR count). The third-order valence-electron chi connectivity index (χ3n) is 4.51. The highest BCUT2D eigenvalue weighted by Crippen LogP contribution is 2.33. The number of nitrogens with one attached hydrogen (secondary N) is 2. The Hall–Kier alpha value is -3.31. The molecule has 0 radical (unpaired) electrons. The van der Waals surface area contributed by atoms with Crippen LogP contribution in [0.15, 0.2) is 66.7 Å². The van der Waals surface area contributed by atoms with Gasteiger partial charge in [0.25, 0.3) is 5.91 Å². The van der Waals surface area contributed by atoms with Crippen molar-refractivity contribution in [2.45, 2.75) is 5.88 Å². The number of imidazole rings is 1. The topological polar surface area (TPSA) is 67.0 Å². The Morgan fingerprint density at radius 3 is 2.50 bits per heavy atom. The molecule has 4 aromatic rings. The number of halogens is 1. The van der Waals surface area contributed by atoms with Crippen molar-refractivity contribution in [2.75, 3.05) is 12.4 Å². The van der Waals surface area contributed by atoms with E-state index < -0.39 is 0 Å². The molecule has 28 heavy (non-hydrogen) atoms. The third-order valence-corrected chi connectivity index (χ3v) is 4.82. The van der Waals surface area contributed by atoms with Gasteiger partial charge in [0.1, 0.15) is 16.8 Å². The highest BCUT2D eigenvalue weighted by atomic mass is 35.5. The van der Waals surface area contributed by atoms with E-state index in [1.165, 1.54) is 0 Å². The quantitative estimate of drug-likeness (QED) is 0.458. The van der Waals surface area contributed by atoms with Gasteiger partial charge >= 0.3 is 0 Å². The smallest absolute Gasteiger partial charge is 0.257 e. The van der Waals surface area contributed by atoms with Crippen LogP contribution >= 0.6 is 11.6 Å². The number of methoxy groups -OCH3 is 1. The molecule has 0 saturated heterocycles. The average molecular weight is 392 g/mol. The molecule has 1 aromatic heterocycles. The van der Waals surface area contributed by atoms with Gasteiger partial charge in [-0.2, -0.15) is 0 Å². The Kier molecular flexibility index (Phi) is 5.00. The van der Waals surface area contributed by atoms with Crippen LogP contribution in [0, 0.1) is 0 Å². The second kappa shape index (κ2) is 7.74. The van der Waals surface area contributed by atoms with E-state index in [-0.39, 0.29) is 5.91 Å². The Balaban J connectivity index is 1.71. The number of aromatic nitrogens is 2. The van der Waals surface area contributed by atoms with Crippen LogP contribution < -0.4 is 10.1 Å². The number of aromatic amines is 1. The van der Waals surface area contributed by atoms with Gasteiger partial charge in [0, 0.05) is 17.0 Å². The fourth-order valence-electron chi connectivity index (χ4n) is 3.07. The number of H-pyrrole nitrogens is 1. The molecule has 1 heterocycles. The van der Waals surface area contributed by atoms with E-state index >= 15 is 0 Å². The second-order valence-electron chi connectivity index (χ2n) is 6.28. The van der Waals surface area contributed by atoms with Crippen LogP contribution in [0.1, 0.15) is 15.9 Å². The predicted octanol–water partition coefficient (Wildman–Crippen LogP) is 5.23. The van der Waals surface area contributed by atoms with Crippen molar-refractivity contribution in [1.29, 1.82) is 0 Å². The first-order chi connectivity index (χ1) is 13.7. The highest BCUT2D eigenvalue weighted by Gasteiger charge is 2.15. The third kappa shape index (κ3) is 3.44. The molecule has 3 aromatic carbocycles. The first kappa shape index (κ1) is 18.1. The van der Waals surface area contributed by atoms with Crippen molar-refractivity contribution < 1.29 is 9.53 Å². The van der Waals surface area contributed by atoms with Gasteiger partial charge in [-0.05, 0) is 35.4 Å². The molecular weight excluding hydrogens is 374 g/mol. The summed E-state index contributed by atoms with van der Waals surface area (Å²) in [4.78, 5) is 20.3. The predicted molar refractivity (Wildman–Crippen MR) is 112 cm³/mol. The van der Waals surface area contributed by atoms with Gasteiger partial charge in [-0.1, -0.05) is 42.5 Å². The lowest BCUT2D eigenvalue weighted by Gasteiger charge is -2.05. The number of anilines is 1. The molecule has 0 unspecified atom stereocenters. The van der Waals surface area contributed by atoms with Crippen molar-refractivity contribution in [2.24, 2.45) is 0 Å². The number of carbonyl (C=O) groups is 1. The fourth-order valence-corrected chi connectivity index (χ4v) is 3.25. The van der Waals surface area contributed by atoms with E-state index in [4.69, 9.17) is 16.3 Å². The lowest BCUT2D eigenvalue weighted by molar-refractivity contribution is 0.102. The molecule has 6 heteroatoms. The number of nitrogens with zero attached hydrogens (tertiary/aromatic N) is 1. The minimum atomic E-state index is -0.250. The number of rotatable bonds is 5. The van der Waals surface area contributed by atoms with E-state index in [2.05, 4.69) is 15.3 Å². The summed E-state index contributed by atoms with van der Waals surface area (Å²) in [5.41, 5.74) is 4.95. The summed E-state index contributed by atoms with van der Waals surface area (Å²) >= 11 is 5.80. The van der Waals surface area contributed by atoms with Gasteiger partial charge in [-0.3, -0.25) is 10.1 Å². The normalized spacial score (nSPS) is 10.8. The number of alkyl halides is 1. The largest absolute Gasteiger partial charge is 0.494 e. The Morgan fingerprint density at radius 2 is 1.82 bits per heavy atom. The molecule has 1 amide bonds. The monoisotopic (exact) mass is 391 g/mol. The van der Waals surface area contributed by atoms with Crippen molar-refractivity contribution in [3.8, 4) is 16.9 Å². The van der Waals surface area contributed by atoms with E-state index in [1.807, 2.05) is 54.6 Å². The maximum absolute atomic E-state index is 12.6. The summed E-state index contributed by atoms with van der Waals surface area (Å²) in [6, 6.07) is 21.0. The molecule has 0 atom stereocenters. The Labute approximate surface area is 167 Å². The van der Waals surface area contributed by atoms with Crippen LogP contribution in [0.25, 0.3) is 22.2 Å². The minimum absolute atomic E-state index is 0.250. The summed E-state index contributed by atoms with van der Waals surface area (Å²) in [5, 5.41) is 2.82. The summed E-state index contributed by atoms with van der Waals surface area (Å²) < 4.78 is 5.45. The molecule has 0 bridgehead atoms. The fraction of sp³-hybridized carbons (Fsp3) is 0.0909. The minimum Gasteiger partial charge on any atom is -0.494 e. The van der Waals surface area contributed by atoms with Crippen LogP contribution in [0.4, 0.5) is 5.95 Å². The summed E-state index contributed by atoms with van der Waals surface area (Å²) in [6.07, 6.45) is 0. The maximum Gasteiger partial charge on any atom is 0.257 e. The zero-order chi connectivity index (χ0) is 19.5. The van der Waals surface area contributed by atoms with Crippen LogP contribution in [0.5, 0.6) is 5.75 Å². The van der Waals surface area contributed by atoms with Gasteiger partial charge in [0.05, 0.1) is 7.11 Å². The van der Waals surface area contributed by atoms with Crippen molar-refractivity contribution in [3.05, 3.63) is 77.9 Å². The van der Waals surface area contributed by atoms with E-state index in [1.54, 1.807) is 19.2 Å². The van der Waals surface area contributed by atoms with Gasteiger partial charge in [-0.25, -0.2) is 4.98 Å². The first-order valence-corrected chi connectivity index (χ1v) is 9.31. The van der Waals surface area contributed by atoms with Crippen molar-refractivity contribution in [1.82, 2.24) is 9.97 Å². The van der Waals surface area contributed by atoms with E-state index in [9.17, 15) is 4.79 Å². The second-order valence-corrected chi connectivity index (χ2v) is 6.54. The average Bonchev–Trinajstić information content (AvgIpc) is 3.17. The van der Waals surface area contributed by atoms with Gasteiger partial charge in [0.15, 0.2) is 0 Å². The number of ether oxygens (including phenoxy) is 1. The lowest BCUT2D eigenvalue weighted by atomic mass is 10.0. The molecule has 0 saturated carbocycles. The Morgan fingerprint density at radius 1 is 1.07 bits per heavy atom. The van der Waals surface area contributed by atoms with Crippen LogP contribution in [-0.4, -0.2) is 23.0 Å². The Bertz CT molecular complexity index is 1120. The SMILES string of the molecule is COc1ccc(-c2ccccc2)c2nc(NC(=O)c3ccc(CCl)cc3)[nH]c12. The number of carbonyl (C=O) groups excluding carboxylic acids is 1. The zero-order valence-electron chi connectivity index (χ0n) is 15.2. The van der Waals surface area contributed by atoms with Crippen LogP contribution in [0.2, 0.25) is 0 Å². The first-order valence-electron chi connectivity index (χ1n) is 8.78. The molecule has 2 N–H and O–H groups in total. The standard InChI is InChI=1S/C22H18ClN3O2/c1-28-18-12-11-17(15-5-3-2-4-6-15)19-20(18)25-22(24-19)26-21(27)16-9-7-14(13-23)8-10-16/h2-12H,13H2,1H3,(H2,24,25,26,27). The number of benzene rings is 3. The van der Waals surface area contributed by atoms with Crippen LogP contribution in [0.3, 0.4) is 0 Å². The number of fused-ring (bicyclic) bond motifs is 1. The molecular formula is C22H18ClN3O2. The highest BCUT2D eigenvalue weighted by molar-refractivity contribution is 6.17. The number of hydrogen-bond donors (Lipinski definition) is 2. The van der Waals surface area contributed by atoms with Crippen molar-refractivity contribution in [3.63, 3.8) is 0 Å². The number of amides is 1. The molecule has 0 aliphatic carbocycles. The zero-order valence-corrected chi connectivity index (χ0v) is 16.0. The summed E-state index contributed by atoms with van der Waals surface area (Å²) in [6.45, 7) is 0. The van der Waals surface area contributed by atoms with Gasteiger partial charge in [0.2, 0.25) is 5.95 Å². The summed E-state index contributed by atoms with van der Waals surface area (Å²) in [7, 11) is 1.61. The molecule has 0 fully saturated rings. The molecule has 140 valence electrons. The maximum atomic E-state index is 12.6. The van der Waals surface area contributed by atoms with Gasteiger partial charge < -0.3 is 9.72 Å². The molecule has 0 spiro atoms. The van der Waals surface area contributed by atoms with E-state index in [0.29, 0.717) is 23.1 Å². The van der Waals surface area contributed by atoms with Gasteiger partial charge in [-0.15, -0.1) is 11.6 Å². The number of hydrogen-bond acceptors (Lipinski definition) is 3. The molecule has 0 aliphatic heterocycles.